The summed E-state index contributed by atoms with van der Waals surface area (Å²) in [5, 5.41) is 11.6. The molecule has 0 aliphatic carbocycles. The minimum absolute atomic E-state index is 0.0565. The summed E-state index contributed by atoms with van der Waals surface area (Å²) in [5.74, 6) is -0.734. The van der Waals surface area contributed by atoms with Crippen molar-refractivity contribution >= 4 is 11.9 Å². The molecule has 178 valence electrons. The molecule has 3 unspecified atom stereocenters. The summed E-state index contributed by atoms with van der Waals surface area (Å²) < 4.78 is 10.5. The van der Waals surface area contributed by atoms with Crippen molar-refractivity contribution in [3.8, 4) is 11.5 Å². The molecule has 1 saturated heterocycles. The molecule has 1 aliphatic heterocycles. The molecular formula is C25H32N2O6. The van der Waals surface area contributed by atoms with E-state index in [0.29, 0.717) is 24.6 Å². The molecule has 1 aliphatic rings. The molecule has 2 aromatic rings. The molecule has 3 rings (SSSR count). The number of aliphatic carboxylic acids is 1. The quantitative estimate of drug-likeness (QED) is 0.549. The average molecular weight is 457 g/mol. The van der Waals surface area contributed by atoms with E-state index >= 15 is 0 Å². The lowest BCUT2D eigenvalue weighted by Crippen LogP contribution is -2.40. The van der Waals surface area contributed by atoms with E-state index < -0.39 is 17.9 Å². The molecule has 8 nitrogen and oxygen atoms in total. The van der Waals surface area contributed by atoms with Gasteiger partial charge in [-0.05, 0) is 41.8 Å². The van der Waals surface area contributed by atoms with Gasteiger partial charge in [0.2, 0.25) is 0 Å². The Balaban J connectivity index is 1.99. The van der Waals surface area contributed by atoms with Crippen molar-refractivity contribution in [2.75, 3.05) is 41.0 Å². The molecule has 1 heterocycles. The Hall–Kier alpha value is -3.10. The lowest BCUT2D eigenvalue weighted by atomic mass is 9.83. The van der Waals surface area contributed by atoms with E-state index in [1.807, 2.05) is 60.4 Å². The first-order valence-corrected chi connectivity index (χ1v) is 11.0. The maximum absolute atomic E-state index is 13.0. The summed E-state index contributed by atoms with van der Waals surface area (Å²) in [6, 6.07) is 14.3. The van der Waals surface area contributed by atoms with Crippen LogP contribution in [-0.4, -0.2) is 67.9 Å². The Morgan fingerprint density at radius 2 is 1.52 bits per heavy atom. The topological polar surface area (TPSA) is 88.5 Å². The van der Waals surface area contributed by atoms with Crippen LogP contribution in [0.25, 0.3) is 0 Å². The highest BCUT2D eigenvalue weighted by molar-refractivity contribution is 5.78. The molecule has 0 bridgehead atoms. The van der Waals surface area contributed by atoms with Crippen molar-refractivity contribution in [1.82, 2.24) is 9.96 Å². The van der Waals surface area contributed by atoms with E-state index in [1.165, 1.54) is 12.2 Å². The zero-order valence-electron chi connectivity index (χ0n) is 19.6. The molecular weight excluding hydrogens is 424 g/mol. The Labute approximate surface area is 194 Å². The molecule has 0 spiro atoms. The maximum Gasteiger partial charge on any atom is 0.309 e. The molecule has 0 radical (unpaired) electrons. The maximum atomic E-state index is 13.0. The fourth-order valence-corrected chi connectivity index (χ4v) is 4.55. The number of methoxy groups -OCH3 is 2. The lowest BCUT2D eigenvalue weighted by Gasteiger charge is -2.29. The second-order valence-corrected chi connectivity index (χ2v) is 8.07. The number of likely N-dealkylation sites (tertiary alicyclic amines) is 1. The number of hydroxylamine groups is 2. The van der Waals surface area contributed by atoms with Gasteiger partial charge in [0.1, 0.15) is 11.5 Å². The second-order valence-electron chi connectivity index (χ2n) is 8.07. The summed E-state index contributed by atoms with van der Waals surface area (Å²) in [4.78, 5) is 32.7. The van der Waals surface area contributed by atoms with E-state index in [1.54, 1.807) is 14.2 Å². The average Bonchev–Trinajstić information content (AvgIpc) is 3.21. The normalized spacial score (nSPS) is 20.4. The van der Waals surface area contributed by atoms with Crippen molar-refractivity contribution in [3.63, 3.8) is 0 Å². The number of amides is 1. The standard InChI is InChI=1S/C25H32N2O6/c1-5-14-27(33-4)22(28)16-26-15-21(17-6-10-19(31-2)11-7-17)23(25(29)30)24(26)18-8-12-20(32-3)13-9-18/h6-13,21,23-24H,5,14-16H2,1-4H3,(H,29,30). The number of carboxylic acids is 1. The van der Waals surface area contributed by atoms with Gasteiger partial charge in [0.05, 0.1) is 33.8 Å². The van der Waals surface area contributed by atoms with Crippen molar-refractivity contribution in [2.24, 2.45) is 5.92 Å². The first-order chi connectivity index (χ1) is 15.9. The number of carboxylic acid groups (broad SMARTS) is 1. The summed E-state index contributed by atoms with van der Waals surface area (Å²) >= 11 is 0. The third-order valence-electron chi connectivity index (χ3n) is 6.15. The Kier molecular flexibility index (Phi) is 8.30. The third-order valence-corrected chi connectivity index (χ3v) is 6.15. The van der Waals surface area contributed by atoms with Gasteiger partial charge in [-0.1, -0.05) is 31.2 Å². The monoisotopic (exact) mass is 456 g/mol. The van der Waals surface area contributed by atoms with Crippen LogP contribution in [0.5, 0.6) is 11.5 Å². The molecule has 0 saturated carbocycles. The summed E-state index contributed by atoms with van der Waals surface area (Å²) in [6.07, 6.45) is 0.758. The van der Waals surface area contributed by atoms with Crippen molar-refractivity contribution < 1.29 is 29.0 Å². The number of rotatable bonds is 10. The second kappa shape index (κ2) is 11.2. The number of carbonyl (C=O) groups is 2. The predicted octanol–water partition coefficient (Wildman–Crippen LogP) is 3.35. The molecule has 2 aromatic carbocycles. The van der Waals surface area contributed by atoms with Gasteiger partial charge >= 0.3 is 5.97 Å². The highest BCUT2D eigenvalue weighted by atomic mass is 16.7. The van der Waals surface area contributed by atoms with Crippen molar-refractivity contribution in [1.29, 1.82) is 0 Å². The Morgan fingerprint density at radius 3 is 1.97 bits per heavy atom. The zero-order valence-corrected chi connectivity index (χ0v) is 19.6. The molecule has 8 heteroatoms. The van der Waals surface area contributed by atoms with Crippen LogP contribution < -0.4 is 9.47 Å². The molecule has 33 heavy (non-hydrogen) atoms. The van der Waals surface area contributed by atoms with Crippen LogP contribution in [0.1, 0.15) is 36.4 Å². The predicted molar refractivity (Wildman–Crippen MR) is 123 cm³/mol. The van der Waals surface area contributed by atoms with E-state index in [0.717, 1.165) is 17.5 Å². The molecule has 1 fully saturated rings. The number of ether oxygens (including phenoxy) is 2. The summed E-state index contributed by atoms with van der Waals surface area (Å²) in [6.45, 7) is 2.92. The summed E-state index contributed by atoms with van der Waals surface area (Å²) in [7, 11) is 4.65. The fraction of sp³-hybridized carbons (Fsp3) is 0.440. The highest BCUT2D eigenvalue weighted by Gasteiger charge is 2.48. The first-order valence-electron chi connectivity index (χ1n) is 11.0. The van der Waals surface area contributed by atoms with Crippen LogP contribution in [0.4, 0.5) is 0 Å². The van der Waals surface area contributed by atoms with Gasteiger partial charge in [0.25, 0.3) is 5.91 Å². The number of hydrogen-bond acceptors (Lipinski definition) is 6. The van der Waals surface area contributed by atoms with Crippen molar-refractivity contribution in [2.45, 2.75) is 25.3 Å². The van der Waals surface area contributed by atoms with E-state index in [4.69, 9.17) is 14.3 Å². The van der Waals surface area contributed by atoms with E-state index in [9.17, 15) is 14.7 Å². The Morgan fingerprint density at radius 1 is 0.970 bits per heavy atom. The van der Waals surface area contributed by atoms with Crippen LogP contribution in [0.3, 0.4) is 0 Å². The van der Waals surface area contributed by atoms with Crippen LogP contribution >= 0.6 is 0 Å². The SMILES string of the molecule is CCCN(OC)C(=O)CN1CC(c2ccc(OC)cc2)C(C(=O)O)C1c1ccc(OC)cc1. The zero-order chi connectivity index (χ0) is 24.0. The van der Waals surface area contributed by atoms with Crippen LogP contribution in [0, 0.1) is 5.92 Å². The lowest BCUT2D eigenvalue weighted by molar-refractivity contribution is -0.177. The fourth-order valence-electron chi connectivity index (χ4n) is 4.55. The summed E-state index contributed by atoms with van der Waals surface area (Å²) in [5.41, 5.74) is 1.72. The minimum Gasteiger partial charge on any atom is -0.497 e. The van der Waals surface area contributed by atoms with Gasteiger partial charge in [-0.3, -0.25) is 19.3 Å². The van der Waals surface area contributed by atoms with Crippen LogP contribution in [-0.2, 0) is 14.4 Å². The molecule has 0 aromatic heterocycles. The smallest absolute Gasteiger partial charge is 0.309 e. The largest absolute Gasteiger partial charge is 0.497 e. The van der Waals surface area contributed by atoms with Crippen LogP contribution in [0.2, 0.25) is 0 Å². The highest BCUT2D eigenvalue weighted by Crippen LogP contribution is 2.46. The van der Waals surface area contributed by atoms with Gasteiger partial charge in [0.15, 0.2) is 0 Å². The third kappa shape index (κ3) is 5.46. The van der Waals surface area contributed by atoms with Crippen molar-refractivity contribution in [3.05, 3.63) is 59.7 Å². The Bertz CT molecular complexity index is 931. The van der Waals surface area contributed by atoms with Gasteiger partial charge in [0, 0.05) is 25.0 Å². The first kappa shape index (κ1) is 24.5. The molecule has 1 amide bonds. The molecule has 1 N–H and O–H groups in total. The van der Waals surface area contributed by atoms with E-state index in [2.05, 4.69) is 0 Å². The number of hydrogen-bond donors (Lipinski definition) is 1. The van der Waals surface area contributed by atoms with Crippen LogP contribution in [0.15, 0.2) is 48.5 Å². The van der Waals surface area contributed by atoms with E-state index in [-0.39, 0.29) is 18.4 Å². The number of benzene rings is 2. The number of carbonyl (C=O) groups excluding carboxylic acids is 1. The minimum atomic E-state index is -0.899. The van der Waals surface area contributed by atoms with Gasteiger partial charge in [-0.15, -0.1) is 0 Å². The molecule has 3 atom stereocenters. The van der Waals surface area contributed by atoms with Gasteiger partial charge < -0.3 is 14.6 Å². The van der Waals surface area contributed by atoms with Gasteiger partial charge in [-0.2, -0.15) is 0 Å². The van der Waals surface area contributed by atoms with Gasteiger partial charge in [-0.25, -0.2) is 5.06 Å². The number of nitrogens with zero attached hydrogens (tertiary/aromatic N) is 2.